The van der Waals surface area contributed by atoms with Gasteiger partial charge in [0.25, 0.3) is 0 Å². The van der Waals surface area contributed by atoms with Crippen molar-refractivity contribution in [2.75, 3.05) is 0 Å². The molecule has 0 bridgehead atoms. The SMILES string of the molecule is O=C(c1ccc(OP(=O)(O)O)cc1)C(O)c1ccccc1. The number of aliphatic hydroxyl groups is 1. The highest BCUT2D eigenvalue weighted by Gasteiger charge is 2.20. The maximum Gasteiger partial charge on any atom is 0.524 e. The van der Waals surface area contributed by atoms with E-state index in [1.165, 1.54) is 24.3 Å². The number of ketones is 1. The first-order chi connectivity index (χ1) is 9.87. The van der Waals surface area contributed by atoms with Crippen molar-refractivity contribution < 1.29 is 28.8 Å². The summed E-state index contributed by atoms with van der Waals surface area (Å²) in [6.45, 7) is 0. The Hall–Kier alpha value is -1.98. The monoisotopic (exact) mass is 308 g/mol. The average Bonchev–Trinajstić information content (AvgIpc) is 2.46. The van der Waals surface area contributed by atoms with Crippen LogP contribution in [0.15, 0.2) is 54.6 Å². The maximum absolute atomic E-state index is 12.1. The summed E-state index contributed by atoms with van der Waals surface area (Å²) >= 11 is 0. The molecule has 1 atom stereocenters. The summed E-state index contributed by atoms with van der Waals surface area (Å²) in [5.41, 5.74) is 0.683. The van der Waals surface area contributed by atoms with Gasteiger partial charge in [-0.3, -0.25) is 14.6 Å². The predicted octanol–water partition coefficient (Wildman–Crippen LogP) is 2.07. The lowest BCUT2D eigenvalue weighted by atomic mass is 10.00. The molecule has 110 valence electrons. The van der Waals surface area contributed by atoms with E-state index in [4.69, 9.17) is 9.79 Å². The summed E-state index contributed by atoms with van der Waals surface area (Å²) in [4.78, 5) is 29.4. The van der Waals surface area contributed by atoms with E-state index in [2.05, 4.69) is 4.52 Å². The first-order valence-electron chi connectivity index (χ1n) is 5.99. The van der Waals surface area contributed by atoms with Crippen molar-refractivity contribution in [1.82, 2.24) is 0 Å². The molecule has 2 aromatic carbocycles. The molecule has 0 radical (unpaired) electrons. The molecule has 0 aromatic heterocycles. The molecule has 3 N–H and O–H groups in total. The molecule has 2 aromatic rings. The molecule has 6 nitrogen and oxygen atoms in total. The van der Waals surface area contributed by atoms with Gasteiger partial charge in [0.05, 0.1) is 0 Å². The van der Waals surface area contributed by atoms with Crippen LogP contribution in [0.2, 0.25) is 0 Å². The molecule has 21 heavy (non-hydrogen) atoms. The van der Waals surface area contributed by atoms with Crippen LogP contribution in [0.1, 0.15) is 22.0 Å². The van der Waals surface area contributed by atoms with Crippen molar-refractivity contribution in [2.45, 2.75) is 6.10 Å². The Kier molecular flexibility index (Phi) is 4.55. The summed E-state index contributed by atoms with van der Waals surface area (Å²) in [5.74, 6) is -0.571. The third-order valence-electron chi connectivity index (χ3n) is 2.73. The lowest BCUT2D eigenvalue weighted by Crippen LogP contribution is -2.12. The summed E-state index contributed by atoms with van der Waals surface area (Å²) in [5, 5.41) is 9.99. The molecule has 0 aliphatic heterocycles. The number of rotatable bonds is 5. The minimum Gasteiger partial charge on any atom is -0.404 e. The van der Waals surface area contributed by atoms with Crippen molar-refractivity contribution in [1.29, 1.82) is 0 Å². The highest BCUT2D eigenvalue weighted by molar-refractivity contribution is 7.46. The number of Topliss-reactive ketones (excluding diaryl/α,β-unsaturated/α-hetero) is 1. The Labute approximate surface area is 120 Å². The number of hydrogen-bond donors (Lipinski definition) is 3. The predicted molar refractivity (Wildman–Crippen MR) is 74.8 cm³/mol. The first-order valence-corrected chi connectivity index (χ1v) is 7.52. The second-order valence-corrected chi connectivity index (χ2v) is 5.45. The second-order valence-electron chi connectivity index (χ2n) is 4.28. The molecular weight excluding hydrogens is 295 g/mol. The highest BCUT2D eigenvalue weighted by Crippen LogP contribution is 2.37. The largest absolute Gasteiger partial charge is 0.524 e. The van der Waals surface area contributed by atoms with E-state index in [1.54, 1.807) is 30.3 Å². The smallest absolute Gasteiger partial charge is 0.404 e. The third-order valence-corrected chi connectivity index (χ3v) is 3.18. The van der Waals surface area contributed by atoms with E-state index < -0.39 is 19.7 Å². The van der Waals surface area contributed by atoms with Crippen molar-refractivity contribution in [3.05, 3.63) is 65.7 Å². The van der Waals surface area contributed by atoms with E-state index in [0.29, 0.717) is 5.56 Å². The first kappa shape index (κ1) is 15.4. The number of carbonyl (C=O) groups is 1. The van der Waals surface area contributed by atoms with E-state index >= 15 is 0 Å². The van der Waals surface area contributed by atoms with E-state index in [1.807, 2.05) is 0 Å². The quantitative estimate of drug-likeness (QED) is 0.577. The van der Waals surface area contributed by atoms with E-state index in [-0.39, 0.29) is 11.3 Å². The van der Waals surface area contributed by atoms with Crippen LogP contribution in [0, 0.1) is 0 Å². The number of aliphatic hydroxyl groups excluding tert-OH is 1. The van der Waals surface area contributed by atoms with Crippen LogP contribution in [-0.4, -0.2) is 20.7 Å². The molecule has 0 fully saturated rings. The highest BCUT2D eigenvalue weighted by atomic mass is 31.2. The van der Waals surface area contributed by atoms with Crippen molar-refractivity contribution >= 4 is 13.6 Å². The van der Waals surface area contributed by atoms with Gasteiger partial charge in [-0.2, -0.15) is 0 Å². The van der Waals surface area contributed by atoms with Crippen LogP contribution < -0.4 is 4.52 Å². The molecule has 0 heterocycles. The fourth-order valence-corrected chi connectivity index (χ4v) is 2.16. The zero-order valence-corrected chi connectivity index (χ0v) is 11.7. The van der Waals surface area contributed by atoms with Gasteiger partial charge in [0.15, 0.2) is 5.78 Å². The van der Waals surface area contributed by atoms with Crippen LogP contribution in [0.5, 0.6) is 5.75 Å². The molecule has 0 saturated heterocycles. The van der Waals surface area contributed by atoms with Crippen LogP contribution in [0.25, 0.3) is 0 Å². The van der Waals surface area contributed by atoms with E-state index in [0.717, 1.165) is 0 Å². The normalized spacial score (nSPS) is 12.7. The molecule has 1 unspecified atom stereocenters. The van der Waals surface area contributed by atoms with Crippen LogP contribution in [0.3, 0.4) is 0 Å². The molecule has 0 aliphatic rings. The number of phosphoric ester groups is 1. The number of hydrogen-bond acceptors (Lipinski definition) is 4. The zero-order valence-electron chi connectivity index (χ0n) is 10.8. The van der Waals surface area contributed by atoms with Gasteiger partial charge >= 0.3 is 7.82 Å². The lowest BCUT2D eigenvalue weighted by molar-refractivity contribution is 0.0747. The van der Waals surface area contributed by atoms with Crippen molar-refractivity contribution in [3.8, 4) is 5.75 Å². The fraction of sp³-hybridized carbons (Fsp3) is 0.0714. The molecule has 0 aliphatic carbocycles. The van der Waals surface area contributed by atoms with Crippen LogP contribution in [0.4, 0.5) is 0 Å². The van der Waals surface area contributed by atoms with Crippen LogP contribution >= 0.6 is 7.82 Å². The van der Waals surface area contributed by atoms with Gasteiger partial charge in [0.2, 0.25) is 0 Å². The Bertz CT molecular complexity index is 662. The summed E-state index contributed by atoms with van der Waals surface area (Å²) in [6, 6.07) is 13.6. The third kappa shape index (κ3) is 4.24. The average molecular weight is 308 g/mol. The second kappa shape index (κ2) is 6.20. The minimum absolute atomic E-state index is 0.0610. The summed E-state index contributed by atoms with van der Waals surface area (Å²) in [6.07, 6.45) is -1.29. The van der Waals surface area contributed by atoms with Crippen LogP contribution in [-0.2, 0) is 4.57 Å². The molecular formula is C14H13O6P. The van der Waals surface area contributed by atoms with Gasteiger partial charge in [0, 0.05) is 5.56 Å². The Morgan fingerprint density at radius 1 is 1.00 bits per heavy atom. The van der Waals surface area contributed by atoms with Gasteiger partial charge < -0.3 is 9.63 Å². The summed E-state index contributed by atoms with van der Waals surface area (Å²) in [7, 11) is -4.63. The minimum atomic E-state index is -4.63. The van der Waals surface area contributed by atoms with Gasteiger partial charge in [-0.1, -0.05) is 30.3 Å². The van der Waals surface area contributed by atoms with Gasteiger partial charge in [-0.05, 0) is 29.8 Å². The Morgan fingerprint density at radius 2 is 1.57 bits per heavy atom. The molecule has 0 amide bonds. The lowest BCUT2D eigenvalue weighted by Gasteiger charge is -2.11. The molecule has 7 heteroatoms. The topological polar surface area (TPSA) is 104 Å². The van der Waals surface area contributed by atoms with Gasteiger partial charge in [-0.15, -0.1) is 0 Å². The fourth-order valence-electron chi connectivity index (χ4n) is 1.76. The van der Waals surface area contributed by atoms with Crippen molar-refractivity contribution in [3.63, 3.8) is 0 Å². The van der Waals surface area contributed by atoms with Gasteiger partial charge in [-0.25, -0.2) is 4.57 Å². The van der Waals surface area contributed by atoms with E-state index in [9.17, 15) is 14.5 Å². The maximum atomic E-state index is 12.1. The number of phosphoric acid groups is 1. The standard InChI is InChI=1S/C14H13O6P/c15-13(10-4-2-1-3-5-10)14(16)11-6-8-12(9-7-11)20-21(17,18)19/h1-9,13,15H,(H2,17,18,19). The molecule has 2 rings (SSSR count). The number of carbonyl (C=O) groups excluding carboxylic acids is 1. The molecule has 0 spiro atoms. The number of benzene rings is 2. The van der Waals surface area contributed by atoms with Crippen molar-refractivity contribution in [2.24, 2.45) is 0 Å². The Balaban J connectivity index is 2.15. The van der Waals surface area contributed by atoms with Gasteiger partial charge in [0.1, 0.15) is 11.9 Å². The zero-order chi connectivity index (χ0) is 15.5. The molecule has 0 saturated carbocycles. The summed E-state index contributed by atoms with van der Waals surface area (Å²) < 4.78 is 15.1. The Morgan fingerprint density at radius 3 is 2.10 bits per heavy atom.